The molecule has 0 atom stereocenters. The predicted octanol–water partition coefficient (Wildman–Crippen LogP) is 4.93. The van der Waals surface area contributed by atoms with Crippen LogP contribution in [0.4, 0.5) is 0 Å². The zero-order chi connectivity index (χ0) is 18.1. The van der Waals surface area contributed by atoms with E-state index in [0.29, 0.717) is 5.58 Å². The van der Waals surface area contributed by atoms with Gasteiger partial charge in [0.1, 0.15) is 5.58 Å². The minimum absolute atomic E-state index is 0.228. The van der Waals surface area contributed by atoms with Crippen LogP contribution in [0.1, 0.15) is 23.0 Å². The van der Waals surface area contributed by atoms with Gasteiger partial charge >= 0.3 is 5.91 Å². The Labute approximate surface area is 158 Å². The van der Waals surface area contributed by atoms with Crippen molar-refractivity contribution in [2.75, 3.05) is 0 Å². The van der Waals surface area contributed by atoms with Crippen molar-refractivity contribution >= 4 is 49.9 Å². The third-order valence-corrected chi connectivity index (χ3v) is 4.73. The lowest BCUT2D eigenvalue weighted by Crippen LogP contribution is -2.16. The number of furan rings is 1. The molecule has 2 aromatic carbocycles. The summed E-state index contributed by atoms with van der Waals surface area (Å²) in [5.41, 5.74) is 5.29. The molecule has 0 aliphatic carbocycles. The smallest absolute Gasteiger partial charge is 0.307 e. The molecule has 26 heavy (non-hydrogen) atoms. The van der Waals surface area contributed by atoms with Crippen LogP contribution in [0.5, 0.6) is 0 Å². The number of aromatic nitrogens is 1. The molecule has 4 aromatic rings. The highest BCUT2D eigenvalue weighted by molar-refractivity contribution is 9.10. The molecule has 2 aromatic heterocycles. The number of fused-ring (bicyclic) bond motifs is 2. The molecular weight excluding hydrogens is 394 g/mol. The summed E-state index contributed by atoms with van der Waals surface area (Å²) >= 11 is 3.41. The zero-order valence-corrected chi connectivity index (χ0v) is 15.7. The molecule has 130 valence electrons. The van der Waals surface area contributed by atoms with Gasteiger partial charge in [-0.05, 0) is 37.3 Å². The van der Waals surface area contributed by atoms with E-state index in [1.807, 2.05) is 42.6 Å². The molecule has 5 nitrogen and oxygen atoms in total. The van der Waals surface area contributed by atoms with Crippen molar-refractivity contribution in [3.8, 4) is 0 Å². The summed E-state index contributed by atoms with van der Waals surface area (Å²) in [6, 6.07) is 15.4. The number of para-hydroxylation sites is 1. The number of rotatable bonds is 4. The Hall–Kier alpha value is -2.86. The number of hydrazone groups is 1. The van der Waals surface area contributed by atoms with Crippen molar-refractivity contribution in [2.45, 2.75) is 13.5 Å². The average molecular weight is 410 g/mol. The lowest BCUT2D eigenvalue weighted by atomic mass is 10.2. The monoisotopic (exact) mass is 409 g/mol. The van der Waals surface area contributed by atoms with Gasteiger partial charge in [-0.3, -0.25) is 4.79 Å². The molecule has 4 rings (SSSR count). The number of carbonyl (C=O) groups excluding carboxylic acids is 1. The van der Waals surface area contributed by atoms with E-state index in [9.17, 15) is 4.79 Å². The molecule has 0 fully saturated rings. The number of amides is 1. The summed E-state index contributed by atoms with van der Waals surface area (Å²) in [5, 5.41) is 6.06. The standard InChI is InChI=1S/C20H16BrN3O2/c1-2-24-12-14(16-5-3-4-6-17(16)24)11-22-23-20(25)19-10-13-9-15(21)7-8-18(13)26-19/h3-12H,2H2,1H3,(H,23,25). The minimum Gasteiger partial charge on any atom is -0.451 e. The first kappa shape index (κ1) is 16.6. The molecule has 1 amide bonds. The fraction of sp³-hybridized carbons (Fsp3) is 0.100. The van der Waals surface area contributed by atoms with E-state index >= 15 is 0 Å². The molecule has 2 heterocycles. The van der Waals surface area contributed by atoms with Crippen molar-refractivity contribution in [1.29, 1.82) is 0 Å². The number of hydrogen-bond donors (Lipinski definition) is 1. The van der Waals surface area contributed by atoms with Crippen LogP contribution < -0.4 is 5.43 Å². The number of aryl methyl sites for hydroxylation is 1. The van der Waals surface area contributed by atoms with E-state index in [2.05, 4.69) is 44.0 Å². The molecule has 0 spiro atoms. The van der Waals surface area contributed by atoms with Crippen LogP contribution in [0.25, 0.3) is 21.9 Å². The summed E-state index contributed by atoms with van der Waals surface area (Å²) in [7, 11) is 0. The summed E-state index contributed by atoms with van der Waals surface area (Å²) in [4.78, 5) is 12.3. The van der Waals surface area contributed by atoms with Crippen LogP contribution in [0, 0.1) is 0 Å². The van der Waals surface area contributed by atoms with Gasteiger partial charge in [0.2, 0.25) is 0 Å². The maximum atomic E-state index is 12.3. The first-order valence-electron chi connectivity index (χ1n) is 8.26. The van der Waals surface area contributed by atoms with Gasteiger partial charge in [-0.15, -0.1) is 0 Å². The highest BCUT2D eigenvalue weighted by atomic mass is 79.9. The summed E-state index contributed by atoms with van der Waals surface area (Å²) in [6.45, 7) is 2.96. The van der Waals surface area contributed by atoms with E-state index in [-0.39, 0.29) is 11.7 Å². The van der Waals surface area contributed by atoms with Gasteiger partial charge in [0.15, 0.2) is 5.76 Å². The van der Waals surface area contributed by atoms with Crippen molar-refractivity contribution < 1.29 is 9.21 Å². The maximum Gasteiger partial charge on any atom is 0.307 e. The van der Waals surface area contributed by atoms with Crippen LogP contribution in [0.2, 0.25) is 0 Å². The Morgan fingerprint density at radius 1 is 1.27 bits per heavy atom. The fourth-order valence-electron chi connectivity index (χ4n) is 2.98. The second-order valence-electron chi connectivity index (χ2n) is 5.88. The molecule has 0 aliphatic rings. The van der Waals surface area contributed by atoms with Gasteiger partial charge < -0.3 is 8.98 Å². The number of hydrogen-bond acceptors (Lipinski definition) is 3. The van der Waals surface area contributed by atoms with E-state index in [1.165, 1.54) is 0 Å². The van der Waals surface area contributed by atoms with Crippen molar-refractivity contribution in [3.05, 3.63) is 70.5 Å². The first-order chi connectivity index (χ1) is 12.7. The SMILES string of the molecule is CCn1cc(C=NNC(=O)c2cc3cc(Br)ccc3o2)c2ccccc21. The van der Waals surface area contributed by atoms with E-state index < -0.39 is 0 Å². The fourth-order valence-corrected chi connectivity index (χ4v) is 3.36. The minimum atomic E-state index is -0.382. The topological polar surface area (TPSA) is 59.5 Å². The van der Waals surface area contributed by atoms with E-state index in [1.54, 1.807) is 12.3 Å². The second-order valence-corrected chi connectivity index (χ2v) is 6.80. The van der Waals surface area contributed by atoms with Gasteiger partial charge in [0.25, 0.3) is 0 Å². The molecule has 1 N–H and O–H groups in total. The van der Waals surface area contributed by atoms with Gasteiger partial charge in [-0.25, -0.2) is 5.43 Å². The van der Waals surface area contributed by atoms with Gasteiger partial charge in [-0.1, -0.05) is 34.1 Å². The lowest BCUT2D eigenvalue weighted by molar-refractivity contribution is 0.0929. The van der Waals surface area contributed by atoms with Crippen molar-refractivity contribution in [2.24, 2.45) is 5.10 Å². The van der Waals surface area contributed by atoms with E-state index in [4.69, 9.17) is 4.42 Å². The normalized spacial score (nSPS) is 11.6. The molecule has 0 saturated heterocycles. The maximum absolute atomic E-state index is 12.3. The summed E-state index contributed by atoms with van der Waals surface area (Å²) in [5.74, 6) is -0.154. The Bertz CT molecular complexity index is 1140. The van der Waals surface area contributed by atoms with Crippen LogP contribution in [-0.2, 0) is 6.54 Å². The average Bonchev–Trinajstić information content (AvgIpc) is 3.23. The van der Waals surface area contributed by atoms with Gasteiger partial charge in [0, 0.05) is 39.1 Å². The van der Waals surface area contributed by atoms with Crippen molar-refractivity contribution in [1.82, 2.24) is 9.99 Å². The third kappa shape index (κ3) is 3.04. The molecule has 0 unspecified atom stereocenters. The first-order valence-corrected chi connectivity index (χ1v) is 9.05. The summed E-state index contributed by atoms with van der Waals surface area (Å²) in [6.07, 6.45) is 3.69. The van der Waals surface area contributed by atoms with E-state index in [0.717, 1.165) is 32.9 Å². The second kappa shape index (κ2) is 6.80. The molecule has 0 aliphatic heterocycles. The number of benzene rings is 2. The molecular formula is C20H16BrN3O2. The summed E-state index contributed by atoms with van der Waals surface area (Å²) < 4.78 is 8.65. The number of nitrogens with zero attached hydrogens (tertiary/aromatic N) is 2. The van der Waals surface area contributed by atoms with Crippen LogP contribution in [0.15, 0.2) is 68.7 Å². The Kier molecular flexibility index (Phi) is 4.34. The van der Waals surface area contributed by atoms with Crippen LogP contribution in [-0.4, -0.2) is 16.7 Å². The largest absolute Gasteiger partial charge is 0.451 e. The van der Waals surface area contributed by atoms with Gasteiger partial charge in [-0.2, -0.15) is 5.10 Å². The van der Waals surface area contributed by atoms with Crippen molar-refractivity contribution in [3.63, 3.8) is 0 Å². The molecule has 0 saturated carbocycles. The predicted molar refractivity (Wildman–Crippen MR) is 107 cm³/mol. The Balaban J connectivity index is 1.55. The third-order valence-electron chi connectivity index (χ3n) is 4.23. The highest BCUT2D eigenvalue weighted by Crippen LogP contribution is 2.23. The van der Waals surface area contributed by atoms with Crippen LogP contribution in [0.3, 0.4) is 0 Å². The quantitative estimate of drug-likeness (QED) is 0.383. The molecule has 6 heteroatoms. The van der Waals surface area contributed by atoms with Gasteiger partial charge in [0.05, 0.1) is 6.21 Å². The number of carbonyl (C=O) groups is 1. The lowest BCUT2D eigenvalue weighted by Gasteiger charge is -1.97. The Morgan fingerprint density at radius 2 is 2.12 bits per heavy atom. The number of nitrogens with one attached hydrogen (secondary N) is 1. The number of halogens is 1. The van der Waals surface area contributed by atoms with Crippen LogP contribution >= 0.6 is 15.9 Å². The zero-order valence-electron chi connectivity index (χ0n) is 14.1. The molecule has 0 radical (unpaired) electrons. The Morgan fingerprint density at radius 3 is 2.96 bits per heavy atom. The highest BCUT2D eigenvalue weighted by Gasteiger charge is 2.12. The molecule has 0 bridgehead atoms.